The highest BCUT2D eigenvalue weighted by Crippen LogP contribution is 2.42. The molecule has 55 heavy (non-hydrogen) atoms. The van der Waals surface area contributed by atoms with Crippen molar-refractivity contribution in [1.82, 2.24) is 13.7 Å². The number of nitrogens with zero attached hydrogens (tertiary/aromatic N) is 5. The highest BCUT2D eigenvalue weighted by atomic mass is 15.0. The van der Waals surface area contributed by atoms with Crippen LogP contribution in [0.3, 0.4) is 0 Å². The first-order valence-electron chi connectivity index (χ1n) is 18.3. The van der Waals surface area contributed by atoms with Crippen LogP contribution in [0.5, 0.6) is 0 Å². The monoisotopic (exact) mass is 699 g/mol. The standard InChI is InChI=1S/C50H29N5/c1-51-39-30-27-33(31-48(39)55-44-21-10-5-15-37(44)49-40(52-2)17-11-22-45(49)55)32-25-28-34(29-26-32)53-43-20-9-6-16-38(43)50-46(53)23-12-24-47(50)54-41-18-7-3-13-35(41)36-14-4-8-19-42(36)54/h3-31H. The van der Waals surface area contributed by atoms with Crippen molar-refractivity contribution < 1.29 is 0 Å². The first-order chi connectivity index (χ1) is 27.2. The summed E-state index contributed by atoms with van der Waals surface area (Å²) in [7, 11) is 0. The Labute approximate surface area is 316 Å². The van der Waals surface area contributed by atoms with Gasteiger partial charge in [-0.05, 0) is 77.2 Å². The molecule has 0 fully saturated rings. The molecule has 0 unspecified atom stereocenters. The Morgan fingerprint density at radius 1 is 0.327 bits per heavy atom. The third kappa shape index (κ3) is 4.39. The van der Waals surface area contributed by atoms with Crippen LogP contribution in [0.1, 0.15) is 0 Å². The van der Waals surface area contributed by atoms with Gasteiger partial charge in [-0.15, -0.1) is 0 Å². The molecule has 0 aliphatic carbocycles. The summed E-state index contributed by atoms with van der Waals surface area (Å²) in [5.41, 5.74) is 12.8. The van der Waals surface area contributed by atoms with Gasteiger partial charge in [0.25, 0.3) is 0 Å². The summed E-state index contributed by atoms with van der Waals surface area (Å²) in [4.78, 5) is 7.79. The van der Waals surface area contributed by atoms with Crippen LogP contribution in [0.4, 0.5) is 11.4 Å². The lowest BCUT2D eigenvalue weighted by atomic mass is 10.0. The van der Waals surface area contributed by atoms with E-state index in [0.29, 0.717) is 11.4 Å². The molecule has 0 aliphatic rings. The molecule has 0 bridgehead atoms. The molecule has 0 radical (unpaired) electrons. The average molecular weight is 700 g/mol. The Bertz CT molecular complexity index is 3400. The summed E-state index contributed by atoms with van der Waals surface area (Å²) in [5, 5.41) is 6.81. The van der Waals surface area contributed by atoms with E-state index in [4.69, 9.17) is 13.1 Å². The van der Waals surface area contributed by atoms with Gasteiger partial charge in [-0.3, -0.25) is 0 Å². The van der Waals surface area contributed by atoms with Gasteiger partial charge in [-0.1, -0.05) is 115 Å². The molecule has 3 heterocycles. The second-order valence-electron chi connectivity index (χ2n) is 13.9. The van der Waals surface area contributed by atoms with E-state index in [2.05, 4.69) is 157 Å². The normalized spacial score (nSPS) is 11.6. The Morgan fingerprint density at radius 2 is 0.800 bits per heavy atom. The van der Waals surface area contributed by atoms with E-state index in [1.165, 1.54) is 32.6 Å². The van der Waals surface area contributed by atoms with E-state index in [1.54, 1.807) is 0 Å². The van der Waals surface area contributed by atoms with Crippen LogP contribution in [0.25, 0.3) is 103 Å². The number of fused-ring (bicyclic) bond motifs is 9. The number of aromatic nitrogens is 3. The first-order valence-corrected chi connectivity index (χ1v) is 18.3. The molecule has 0 atom stereocenters. The molecule has 8 aromatic carbocycles. The predicted octanol–water partition coefficient (Wildman–Crippen LogP) is 13.7. The van der Waals surface area contributed by atoms with Gasteiger partial charge in [0.1, 0.15) is 0 Å². The summed E-state index contributed by atoms with van der Waals surface area (Å²) in [5.74, 6) is 0. The van der Waals surface area contributed by atoms with E-state index >= 15 is 0 Å². The van der Waals surface area contributed by atoms with Gasteiger partial charge < -0.3 is 13.7 Å². The van der Waals surface area contributed by atoms with Gasteiger partial charge in [0.05, 0.1) is 52.1 Å². The molecule has 3 aromatic heterocycles. The van der Waals surface area contributed by atoms with E-state index in [-0.39, 0.29) is 0 Å². The molecule has 5 heteroatoms. The zero-order valence-electron chi connectivity index (χ0n) is 29.5. The SMILES string of the molecule is [C-]#[N+]c1ccc(-c2ccc(-n3c4ccccc4c4c(-n5c6ccccc6c6ccccc65)cccc43)cc2)cc1-n1c2ccccc2c2c([N+]#[C-])cccc21. The van der Waals surface area contributed by atoms with E-state index in [0.717, 1.165) is 61.0 Å². The smallest absolute Gasteiger partial charge is 0.210 e. The summed E-state index contributed by atoms with van der Waals surface area (Å²) in [6, 6.07) is 61.4. The molecule has 0 amide bonds. The fourth-order valence-electron chi connectivity index (χ4n) is 8.78. The van der Waals surface area contributed by atoms with Gasteiger partial charge in [-0.2, -0.15) is 0 Å². The Morgan fingerprint density at radius 3 is 1.44 bits per heavy atom. The van der Waals surface area contributed by atoms with Crippen LogP contribution < -0.4 is 0 Å². The fraction of sp³-hybridized carbons (Fsp3) is 0. The third-order valence-corrected chi connectivity index (χ3v) is 11.1. The van der Waals surface area contributed by atoms with Crippen molar-refractivity contribution in [2.24, 2.45) is 0 Å². The minimum absolute atomic E-state index is 0.556. The second kappa shape index (κ2) is 11.8. The highest BCUT2D eigenvalue weighted by molar-refractivity contribution is 6.17. The lowest BCUT2D eigenvalue weighted by molar-refractivity contribution is 1.17. The number of hydrogen-bond donors (Lipinski definition) is 0. The molecule has 0 saturated heterocycles. The van der Waals surface area contributed by atoms with Crippen LogP contribution in [0.2, 0.25) is 0 Å². The quantitative estimate of drug-likeness (QED) is 0.163. The maximum atomic E-state index is 8.10. The van der Waals surface area contributed by atoms with Crippen molar-refractivity contribution >= 4 is 76.8 Å². The predicted molar refractivity (Wildman–Crippen MR) is 227 cm³/mol. The van der Waals surface area contributed by atoms with E-state index in [1.807, 2.05) is 42.5 Å². The maximum Gasteiger partial charge on any atom is 0.210 e. The summed E-state index contributed by atoms with van der Waals surface area (Å²) in [6.07, 6.45) is 0. The topological polar surface area (TPSA) is 23.5 Å². The van der Waals surface area contributed by atoms with Crippen molar-refractivity contribution in [2.75, 3.05) is 0 Å². The van der Waals surface area contributed by atoms with Crippen molar-refractivity contribution in [3.63, 3.8) is 0 Å². The Balaban J connectivity index is 1.08. The Hall–Kier alpha value is -7.86. The third-order valence-electron chi connectivity index (χ3n) is 11.1. The molecular weight excluding hydrogens is 671 g/mol. The van der Waals surface area contributed by atoms with Crippen molar-refractivity contribution in [3.8, 4) is 28.2 Å². The Kier molecular flexibility index (Phi) is 6.61. The van der Waals surface area contributed by atoms with Gasteiger partial charge >= 0.3 is 0 Å². The average Bonchev–Trinajstić information content (AvgIpc) is 3.89. The molecule has 11 aromatic rings. The van der Waals surface area contributed by atoms with Gasteiger partial charge in [0.2, 0.25) is 5.69 Å². The van der Waals surface area contributed by atoms with Crippen LogP contribution >= 0.6 is 0 Å². The van der Waals surface area contributed by atoms with Gasteiger partial charge in [-0.25, -0.2) is 9.69 Å². The zero-order valence-corrected chi connectivity index (χ0v) is 29.5. The van der Waals surface area contributed by atoms with Gasteiger partial charge in [0.15, 0.2) is 5.69 Å². The van der Waals surface area contributed by atoms with Crippen molar-refractivity contribution in [3.05, 3.63) is 199 Å². The summed E-state index contributed by atoms with van der Waals surface area (Å²) >= 11 is 0. The van der Waals surface area contributed by atoms with E-state index in [9.17, 15) is 0 Å². The number of hydrogen-bond acceptors (Lipinski definition) is 0. The number of benzene rings is 8. The molecule has 0 N–H and O–H groups in total. The second-order valence-corrected chi connectivity index (χ2v) is 13.9. The summed E-state index contributed by atoms with van der Waals surface area (Å²) in [6.45, 7) is 16.0. The maximum absolute atomic E-state index is 8.10. The van der Waals surface area contributed by atoms with Crippen LogP contribution in [-0.4, -0.2) is 13.7 Å². The van der Waals surface area contributed by atoms with Crippen LogP contribution in [0.15, 0.2) is 176 Å². The van der Waals surface area contributed by atoms with Gasteiger partial charge in [0, 0.05) is 38.1 Å². The molecule has 11 rings (SSSR count). The number of para-hydroxylation sites is 4. The highest BCUT2D eigenvalue weighted by Gasteiger charge is 2.20. The largest absolute Gasteiger partial charge is 0.320 e. The molecular formula is C50H29N5. The molecule has 0 saturated carbocycles. The van der Waals surface area contributed by atoms with Crippen LogP contribution in [0, 0.1) is 13.1 Å². The molecule has 5 nitrogen and oxygen atoms in total. The zero-order chi connectivity index (χ0) is 36.6. The van der Waals surface area contributed by atoms with Crippen molar-refractivity contribution in [1.29, 1.82) is 0 Å². The minimum atomic E-state index is 0.556. The summed E-state index contributed by atoms with van der Waals surface area (Å²) < 4.78 is 6.92. The van der Waals surface area contributed by atoms with E-state index < -0.39 is 0 Å². The molecule has 0 spiro atoms. The fourth-order valence-corrected chi connectivity index (χ4v) is 8.78. The lowest BCUT2D eigenvalue weighted by Gasteiger charge is -2.14. The first kappa shape index (κ1) is 30.7. The van der Waals surface area contributed by atoms with Crippen LogP contribution in [-0.2, 0) is 0 Å². The number of rotatable bonds is 4. The van der Waals surface area contributed by atoms with Crippen molar-refractivity contribution in [2.45, 2.75) is 0 Å². The lowest BCUT2D eigenvalue weighted by Crippen LogP contribution is -1.97. The molecule has 254 valence electrons. The minimum Gasteiger partial charge on any atom is -0.320 e. The molecule has 0 aliphatic heterocycles.